The standard InChI is InChI=1S/C15H20FNO3/c16-12-4-1-3-11(9-12)15(10-17,14(18)19)7-6-13-5-2-8-20-13/h1,3-4,9,13H,2,5-8,10,17H2,(H,18,19). The van der Waals surface area contributed by atoms with Crippen LogP contribution in [0.15, 0.2) is 24.3 Å². The molecule has 1 aromatic rings. The second kappa shape index (κ2) is 6.33. The molecule has 1 aliphatic rings. The van der Waals surface area contributed by atoms with E-state index in [1.807, 2.05) is 0 Å². The number of carboxylic acids is 1. The van der Waals surface area contributed by atoms with Crippen molar-refractivity contribution in [2.24, 2.45) is 5.73 Å². The van der Waals surface area contributed by atoms with Crippen LogP contribution in [-0.4, -0.2) is 30.3 Å². The zero-order chi connectivity index (χ0) is 14.6. The van der Waals surface area contributed by atoms with E-state index in [1.165, 1.54) is 18.2 Å². The van der Waals surface area contributed by atoms with E-state index in [-0.39, 0.29) is 12.6 Å². The highest BCUT2D eigenvalue weighted by Crippen LogP contribution is 2.32. The van der Waals surface area contributed by atoms with Crippen LogP contribution in [-0.2, 0) is 14.9 Å². The number of hydrogen-bond donors (Lipinski definition) is 2. The number of hydrogen-bond acceptors (Lipinski definition) is 3. The van der Waals surface area contributed by atoms with Gasteiger partial charge in [-0.05, 0) is 43.4 Å². The van der Waals surface area contributed by atoms with Crippen molar-refractivity contribution in [1.29, 1.82) is 0 Å². The van der Waals surface area contributed by atoms with Gasteiger partial charge in [-0.3, -0.25) is 4.79 Å². The Kier molecular flexibility index (Phi) is 4.73. The molecule has 1 saturated heterocycles. The summed E-state index contributed by atoms with van der Waals surface area (Å²) in [7, 11) is 0. The lowest BCUT2D eigenvalue weighted by Gasteiger charge is -2.29. The van der Waals surface area contributed by atoms with Crippen LogP contribution in [0.3, 0.4) is 0 Å². The first kappa shape index (κ1) is 14.9. The highest BCUT2D eigenvalue weighted by atomic mass is 19.1. The van der Waals surface area contributed by atoms with E-state index in [2.05, 4.69) is 0 Å². The van der Waals surface area contributed by atoms with Crippen LogP contribution in [0, 0.1) is 5.82 Å². The Bertz CT molecular complexity index is 474. The van der Waals surface area contributed by atoms with Gasteiger partial charge in [0.05, 0.1) is 6.10 Å². The molecule has 1 heterocycles. The zero-order valence-corrected chi connectivity index (χ0v) is 11.3. The van der Waals surface area contributed by atoms with Crippen LogP contribution in [0.5, 0.6) is 0 Å². The van der Waals surface area contributed by atoms with Gasteiger partial charge in [0.25, 0.3) is 0 Å². The molecule has 110 valence electrons. The number of rotatable bonds is 6. The Morgan fingerprint density at radius 2 is 2.35 bits per heavy atom. The Morgan fingerprint density at radius 1 is 1.55 bits per heavy atom. The molecule has 20 heavy (non-hydrogen) atoms. The SMILES string of the molecule is NCC(CCC1CCCO1)(C(=O)O)c1cccc(F)c1. The number of benzene rings is 1. The number of halogens is 1. The predicted octanol–water partition coefficient (Wildman–Crippen LogP) is 2.07. The maximum Gasteiger partial charge on any atom is 0.315 e. The van der Waals surface area contributed by atoms with E-state index in [1.54, 1.807) is 6.07 Å². The molecule has 1 aromatic carbocycles. The van der Waals surface area contributed by atoms with E-state index in [9.17, 15) is 14.3 Å². The maximum absolute atomic E-state index is 13.4. The molecule has 0 radical (unpaired) electrons. The fourth-order valence-electron chi connectivity index (χ4n) is 2.75. The molecule has 3 N–H and O–H groups in total. The van der Waals surface area contributed by atoms with Crippen molar-refractivity contribution in [2.75, 3.05) is 13.2 Å². The summed E-state index contributed by atoms with van der Waals surface area (Å²) in [6, 6.07) is 5.70. The van der Waals surface area contributed by atoms with Gasteiger partial charge in [0.1, 0.15) is 11.2 Å². The Labute approximate surface area is 117 Å². The van der Waals surface area contributed by atoms with E-state index < -0.39 is 17.2 Å². The molecule has 0 spiro atoms. The quantitative estimate of drug-likeness (QED) is 0.837. The van der Waals surface area contributed by atoms with Gasteiger partial charge in [0, 0.05) is 13.2 Å². The summed E-state index contributed by atoms with van der Waals surface area (Å²) >= 11 is 0. The Morgan fingerprint density at radius 3 is 2.90 bits per heavy atom. The van der Waals surface area contributed by atoms with Crippen molar-refractivity contribution >= 4 is 5.97 Å². The van der Waals surface area contributed by atoms with Crippen molar-refractivity contribution in [1.82, 2.24) is 0 Å². The van der Waals surface area contributed by atoms with Crippen LogP contribution in [0.25, 0.3) is 0 Å². The van der Waals surface area contributed by atoms with Crippen molar-refractivity contribution in [3.05, 3.63) is 35.6 Å². The first-order chi connectivity index (χ1) is 9.58. The molecule has 0 aliphatic carbocycles. The smallest absolute Gasteiger partial charge is 0.315 e. The highest BCUT2D eigenvalue weighted by molar-refractivity contribution is 5.81. The van der Waals surface area contributed by atoms with E-state index in [4.69, 9.17) is 10.5 Å². The molecular formula is C15H20FNO3. The number of aliphatic carboxylic acids is 1. The largest absolute Gasteiger partial charge is 0.481 e. The summed E-state index contributed by atoms with van der Waals surface area (Å²) in [4.78, 5) is 11.7. The second-order valence-corrected chi connectivity index (χ2v) is 5.28. The fraction of sp³-hybridized carbons (Fsp3) is 0.533. The number of ether oxygens (including phenoxy) is 1. The van der Waals surface area contributed by atoms with Gasteiger partial charge < -0.3 is 15.6 Å². The van der Waals surface area contributed by atoms with Crippen LogP contribution >= 0.6 is 0 Å². The topological polar surface area (TPSA) is 72.5 Å². The van der Waals surface area contributed by atoms with E-state index in [0.717, 1.165) is 19.4 Å². The molecule has 1 aliphatic heterocycles. The summed E-state index contributed by atoms with van der Waals surface area (Å²) in [6.07, 6.45) is 3.03. The minimum atomic E-state index is -1.24. The van der Waals surface area contributed by atoms with Gasteiger partial charge in [-0.25, -0.2) is 4.39 Å². The lowest BCUT2D eigenvalue weighted by Crippen LogP contribution is -2.43. The average Bonchev–Trinajstić information content (AvgIpc) is 2.93. The number of carbonyl (C=O) groups is 1. The number of nitrogens with two attached hydrogens (primary N) is 1. The van der Waals surface area contributed by atoms with Gasteiger partial charge in [-0.1, -0.05) is 12.1 Å². The zero-order valence-electron chi connectivity index (χ0n) is 11.3. The molecule has 0 aromatic heterocycles. The fourth-order valence-corrected chi connectivity index (χ4v) is 2.75. The normalized spacial score (nSPS) is 21.6. The first-order valence-electron chi connectivity index (χ1n) is 6.89. The third kappa shape index (κ3) is 2.99. The molecule has 4 nitrogen and oxygen atoms in total. The van der Waals surface area contributed by atoms with E-state index >= 15 is 0 Å². The van der Waals surface area contributed by atoms with Crippen molar-refractivity contribution < 1.29 is 19.0 Å². The average molecular weight is 281 g/mol. The molecular weight excluding hydrogens is 261 g/mol. The van der Waals surface area contributed by atoms with Crippen molar-refractivity contribution in [2.45, 2.75) is 37.2 Å². The van der Waals surface area contributed by atoms with E-state index in [0.29, 0.717) is 18.4 Å². The summed E-state index contributed by atoms with van der Waals surface area (Å²) < 4.78 is 18.9. The first-order valence-corrected chi connectivity index (χ1v) is 6.89. The van der Waals surface area contributed by atoms with Gasteiger partial charge in [-0.2, -0.15) is 0 Å². The minimum absolute atomic E-state index is 0.0570. The molecule has 2 atom stereocenters. The summed E-state index contributed by atoms with van der Waals surface area (Å²) in [6.45, 7) is 0.672. The molecule has 2 unspecified atom stereocenters. The predicted molar refractivity (Wildman–Crippen MR) is 73.0 cm³/mol. The molecule has 2 rings (SSSR count). The maximum atomic E-state index is 13.4. The second-order valence-electron chi connectivity index (χ2n) is 5.28. The van der Waals surface area contributed by atoms with Crippen LogP contribution in [0.1, 0.15) is 31.2 Å². The molecule has 0 bridgehead atoms. The van der Waals surface area contributed by atoms with Crippen LogP contribution in [0.2, 0.25) is 0 Å². The van der Waals surface area contributed by atoms with Crippen LogP contribution in [0.4, 0.5) is 4.39 Å². The lowest BCUT2D eigenvalue weighted by molar-refractivity contribution is -0.144. The third-order valence-electron chi connectivity index (χ3n) is 4.05. The Hall–Kier alpha value is -1.46. The molecule has 0 amide bonds. The third-order valence-corrected chi connectivity index (χ3v) is 4.05. The molecule has 5 heteroatoms. The van der Waals surface area contributed by atoms with Crippen molar-refractivity contribution in [3.63, 3.8) is 0 Å². The van der Waals surface area contributed by atoms with Gasteiger partial charge in [0.2, 0.25) is 0 Å². The van der Waals surface area contributed by atoms with Gasteiger partial charge in [0.15, 0.2) is 0 Å². The van der Waals surface area contributed by atoms with Crippen LogP contribution < -0.4 is 5.73 Å². The van der Waals surface area contributed by atoms with Gasteiger partial charge in [-0.15, -0.1) is 0 Å². The molecule has 0 saturated carbocycles. The molecule has 1 fully saturated rings. The van der Waals surface area contributed by atoms with Gasteiger partial charge >= 0.3 is 5.97 Å². The van der Waals surface area contributed by atoms with Crippen molar-refractivity contribution in [3.8, 4) is 0 Å². The Balaban J connectivity index is 2.22. The highest BCUT2D eigenvalue weighted by Gasteiger charge is 2.40. The summed E-state index contributed by atoms with van der Waals surface area (Å²) in [5, 5.41) is 9.60. The summed E-state index contributed by atoms with van der Waals surface area (Å²) in [5.74, 6) is -1.46. The number of carboxylic acid groups (broad SMARTS) is 1. The summed E-state index contributed by atoms with van der Waals surface area (Å²) in [5.41, 5.74) is 4.91. The minimum Gasteiger partial charge on any atom is -0.481 e. The monoisotopic (exact) mass is 281 g/mol. The lowest BCUT2D eigenvalue weighted by atomic mass is 9.76.